The van der Waals surface area contributed by atoms with Gasteiger partial charge in [0.1, 0.15) is 5.82 Å². The molecular weight excluding hydrogens is 186 g/mol. The van der Waals surface area contributed by atoms with Gasteiger partial charge in [-0.05, 0) is 38.8 Å². The molecule has 1 saturated carbocycles. The van der Waals surface area contributed by atoms with E-state index in [2.05, 4.69) is 28.0 Å². The number of nitrogens with zero attached hydrogens (tertiary/aromatic N) is 2. The molecule has 84 valence electrons. The second kappa shape index (κ2) is 4.79. The van der Waals surface area contributed by atoms with Gasteiger partial charge in [0.2, 0.25) is 0 Å². The quantitative estimate of drug-likeness (QED) is 0.800. The number of nitrogens with one attached hydrogen (secondary N) is 1. The van der Waals surface area contributed by atoms with Gasteiger partial charge in [-0.3, -0.25) is 0 Å². The maximum atomic E-state index is 4.45. The second-order valence-electron chi connectivity index (χ2n) is 4.46. The summed E-state index contributed by atoms with van der Waals surface area (Å²) in [4.78, 5) is 4.45. The lowest BCUT2D eigenvalue weighted by atomic mass is 9.79. The normalized spacial score (nSPS) is 25.2. The van der Waals surface area contributed by atoms with Crippen molar-refractivity contribution in [2.45, 2.75) is 38.6 Å². The molecule has 1 aromatic heterocycles. The molecule has 0 spiro atoms. The smallest absolute Gasteiger partial charge is 0.108 e. The maximum Gasteiger partial charge on any atom is 0.108 e. The van der Waals surface area contributed by atoms with Crippen LogP contribution < -0.4 is 5.32 Å². The molecule has 0 radical (unpaired) electrons. The Kier molecular flexibility index (Phi) is 3.41. The van der Waals surface area contributed by atoms with Crippen molar-refractivity contribution >= 4 is 0 Å². The highest BCUT2D eigenvalue weighted by Gasteiger charge is 2.32. The highest BCUT2D eigenvalue weighted by atomic mass is 15.1. The monoisotopic (exact) mass is 207 g/mol. The number of imidazole rings is 1. The van der Waals surface area contributed by atoms with E-state index in [0.29, 0.717) is 6.04 Å². The summed E-state index contributed by atoms with van der Waals surface area (Å²) in [6, 6.07) is 0.696. The fourth-order valence-corrected chi connectivity index (χ4v) is 2.48. The van der Waals surface area contributed by atoms with E-state index in [1.165, 1.54) is 25.1 Å². The fourth-order valence-electron chi connectivity index (χ4n) is 2.48. The Bertz CT molecular complexity index is 306. The van der Waals surface area contributed by atoms with Crippen molar-refractivity contribution in [1.82, 2.24) is 14.9 Å². The van der Waals surface area contributed by atoms with Gasteiger partial charge in [0.15, 0.2) is 0 Å². The Morgan fingerprint density at radius 1 is 1.53 bits per heavy atom. The first-order valence-electron chi connectivity index (χ1n) is 6.03. The number of hydrogen-bond acceptors (Lipinski definition) is 2. The maximum absolute atomic E-state index is 4.45. The first-order chi connectivity index (χ1) is 7.36. The molecule has 1 fully saturated rings. The summed E-state index contributed by atoms with van der Waals surface area (Å²) in [5, 5.41) is 3.28. The number of rotatable bonds is 5. The Hall–Kier alpha value is -0.830. The van der Waals surface area contributed by atoms with E-state index in [-0.39, 0.29) is 0 Å². The van der Waals surface area contributed by atoms with Gasteiger partial charge in [0.25, 0.3) is 0 Å². The molecule has 15 heavy (non-hydrogen) atoms. The second-order valence-corrected chi connectivity index (χ2v) is 4.46. The third-order valence-corrected chi connectivity index (χ3v) is 3.42. The molecule has 0 bridgehead atoms. The highest BCUT2D eigenvalue weighted by Crippen LogP contribution is 2.38. The van der Waals surface area contributed by atoms with Crippen LogP contribution >= 0.6 is 0 Å². The summed E-state index contributed by atoms with van der Waals surface area (Å²) < 4.78 is 2.40. The van der Waals surface area contributed by atoms with Crippen molar-refractivity contribution in [3.05, 3.63) is 18.2 Å². The molecular formula is C12H21N3. The molecule has 0 aromatic carbocycles. The van der Waals surface area contributed by atoms with Gasteiger partial charge in [-0.15, -0.1) is 0 Å². The summed E-state index contributed by atoms with van der Waals surface area (Å²) in [5.41, 5.74) is 0. The van der Waals surface area contributed by atoms with Gasteiger partial charge in [-0.2, -0.15) is 0 Å². The lowest BCUT2D eigenvalue weighted by molar-refractivity contribution is 0.176. The van der Waals surface area contributed by atoms with Crippen LogP contribution in [0.1, 0.15) is 38.1 Å². The van der Waals surface area contributed by atoms with E-state index in [0.717, 1.165) is 18.9 Å². The van der Waals surface area contributed by atoms with Crippen LogP contribution in [0.5, 0.6) is 0 Å². The molecule has 1 heterocycles. The van der Waals surface area contributed by atoms with Crippen LogP contribution in [0.15, 0.2) is 12.4 Å². The van der Waals surface area contributed by atoms with Crippen molar-refractivity contribution in [1.29, 1.82) is 0 Å². The van der Waals surface area contributed by atoms with Crippen LogP contribution in [0.4, 0.5) is 0 Å². The topological polar surface area (TPSA) is 29.9 Å². The zero-order valence-corrected chi connectivity index (χ0v) is 9.74. The fraction of sp³-hybridized carbons (Fsp3) is 0.750. The van der Waals surface area contributed by atoms with E-state index in [1.807, 2.05) is 13.2 Å². The standard InChI is InChI=1S/C12H21N3/c1-3-4-12-14-7-8-15(12)11-6-5-10(11)9-13-2/h7-8,10-11,13H,3-6,9H2,1-2H3. The number of aryl methyl sites for hydroxylation is 1. The van der Waals surface area contributed by atoms with Crippen molar-refractivity contribution in [3.63, 3.8) is 0 Å². The molecule has 1 N–H and O–H groups in total. The van der Waals surface area contributed by atoms with Crippen molar-refractivity contribution < 1.29 is 0 Å². The first-order valence-corrected chi connectivity index (χ1v) is 6.03. The largest absolute Gasteiger partial charge is 0.332 e. The molecule has 3 nitrogen and oxygen atoms in total. The molecule has 0 aliphatic heterocycles. The number of hydrogen-bond donors (Lipinski definition) is 1. The molecule has 0 saturated heterocycles. The van der Waals surface area contributed by atoms with E-state index in [9.17, 15) is 0 Å². The predicted molar refractivity (Wildman–Crippen MR) is 61.9 cm³/mol. The third kappa shape index (κ3) is 2.07. The van der Waals surface area contributed by atoms with Crippen molar-refractivity contribution in [3.8, 4) is 0 Å². The average Bonchev–Trinajstić information content (AvgIpc) is 2.62. The molecule has 2 atom stereocenters. The molecule has 2 rings (SSSR count). The first kappa shape index (κ1) is 10.7. The Balaban J connectivity index is 2.05. The van der Waals surface area contributed by atoms with Crippen LogP contribution in [-0.4, -0.2) is 23.1 Å². The third-order valence-electron chi connectivity index (χ3n) is 3.42. The minimum absolute atomic E-state index is 0.696. The Labute approximate surface area is 91.9 Å². The minimum atomic E-state index is 0.696. The summed E-state index contributed by atoms with van der Waals surface area (Å²) in [7, 11) is 2.04. The molecule has 1 aliphatic carbocycles. The highest BCUT2D eigenvalue weighted by molar-refractivity contribution is 5.00. The van der Waals surface area contributed by atoms with Gasteiger partial charge in [-0.25, -0.2) is 4.98 Å². The lowest BCUT2D eigenvalue weighted by Crippen LogP contribution is -2.36. The molecule has 3 heteroatoms. The summed E-state index contributed by atoms with van der Waals surface area (Å²) in [6.45, 7) is 3.35. The van der Waals surface area contributed by atoms with Crippen LogP contribution in [0, 0.1) is 5.92 Å². The van der Waals surface area contributed by atoms with Crippen molar-refractivity contribution in [2.75, 3.05) is 13.6 Å². The van der Waals surface area contributed by atoms with E-state index < -0.39 is 0 Å². The Morgan fingerprint density at radius 3 is 3.00 bits per heavy atom. The van der Waals surface area contributed by atoms with Gasteiger partial charge < -0.3 is 9.88 Å². The average molecular weight is 207 g/mol. The number of aromatic nitrogens is 2. The van der Waals surface area contributed by atoms with Crippen LogP contribution in [-0.2, 0) is 6.42 Å². The SMILES string of the molecule is CCCc1nccn1C1CCC1CNC. The summed E-state index contributed by atoms with van der Waals surface area (Å²) in [5.74, 6) is 2.07. The zero-order chi connectivity index (χ0) is 10.7. The molecule has 2 unspecified atom stereocenters. The molecule has 0 amide bonds. The van der Waals surface area contributed by atoms with Gasteiger partial charge in [-0.1, -0.05) is 6.92 Å². The summed E-state index contributed by atoms with van der Waals surface area (Å²) >= 11 is 0. The van der Waals surface area contributed by atoms with E-state index >= 15 is 0 Å². The van der Waals surface area contributed by atoms with Gasteiger partial charge in [0, 0.05) is 24.9 Å². The lowest BCUT2D eigenvalue weighted by Gasteiger charge is -2.38. The van der Waals surface area contributed by atoms with Crippen LogP contribution in [0.2, 0.25) is 0 Å². The van der Waals surface area contributed by atoms with Crippen molar-refractivity contribution in [2.24, 2.45) is 5.92 Å². The molecule has 1 aliphatic rings. The van der Waals surface area contributed by atoms with Crippen LogP contribution in [0.25, 0.3) is 0 Å². The minimum Gasteiger partial charge on any atom is -0.332 e. The Morgan fingerprint density at radius 2 is 2.40 bits per heavy atom. The van der Waals surface area contributed by atoms with E-state index in [1.54, 1.807) is 0 Å². The summed E-state index contributed by atoms with van der Waals surface area (Å²) in [6.07, 6.45) is 9.06. The van der Waals surface area contributed by atoms with Gasteiger partial charge in [0.05, 0.1) is 0 Å². The van der Waals surface area contributed by atoms with E-state index in [4.69, 9.17) is 0 Å². The predicted octanol–water partition coefficient (Wildman–Crippen LogP) is 2.01. The zero-order valence-electron chi connectivity index (χ0n) is 9.74. The van der Waals surface area contributed by atoms with Gasteiger partial charge >= 0.3 is 0 Å². The van der Waals surface area contributed by atoms with Crippen LogP contribution in [0.3, 0.4) is 0 Å². The molecule has 1 aromatic rings.